The topological polar surface area (TPSA) is 75.7 Å². The molecule has 1 N–H and O–H groups in total. The Balaban J connectivity index is 2.10. The minimum absolute atomic E-state index is 0.285. The van der Waals surface area contributed by atoms with Crippen molar-refractivity contribution in [2.45, 2.75) is 47.1 Å². The van der Waals surface area contributed by atoms with Gasteiger partial charge < -0.3 is 10.1 Å². The number of hydrogen-bond donors (Lipinski definition) is 1. The zero-order valence-electron chi connectivity index (χ0n) is 18.7. The third-order valence-electron chi connectivity index (χ3n) is 5.08. The van der Waals surface area contributed by atoms with Crippen molar-refractivity contribution in [3.8, 4) is 5.75 Å². The number of rotatable bonds is 9. The van der Waals surface area contributed by atoms with Crippen LogP contribution < -0.4 is 14.4 Å². The fraction of sp³-hybridized carbons (Fsp3) is 0.435. The van der Waals surface area contributed by atoms with Crippen molar-refractivity contribution in [2.24, 2.45) is 0 Å². The van der Waals surface area contributed by atoms with Gasteiger partial charge in [-0.1, -0.05) is 25.1 Å². The number of carbonyl (C=O) groups excluding carboxylic acids is 1. The maximum absolute atomic E-state index is 12.8. The van der Waals surface area contributed by atoms with E-state index in [9.17, 15) is 13.2 Å². The summed E-state index contributed by atoms with van der Waals surface area (Å²) in [6.45, 7) is 10.2. The monoisotopic (exact) mass is 432 g/mol. The molecule has 164 valence electrons. The van der Waals surface area contributed by atoms with Gasteiger partial charge in [-0.3, -0.25) is 9.10 Å². The Kier molecular flexibility index (Phi) is 7.89. The number of nitrogens with zero attached hydrogens (tertiary/aromatic N) is 1. The Morgan fingerprint density at radius 3 is 2.30 bits per heavy atom. The number of anilines is 1. The Bertz CT molecular complexity index is 1000. The van der Waals surface area contributed by atoms with Crippen LogP contribution in [0.15, 0.2) is 36.4 Å². The van der Waals surface area contributed by atoms with E-state index in [4.69, 9.17) is 4.74 Å². The number of carbonyl (C=O) groups is 1. The first-order valence-corrected chi connectivity index (χ1v) is 11.9. The lowest BCUT2D eigenvalue weighted by Crippen LogP contribution is -2.50. The quantitative estimate of drug-likeness (QED) is 0.614. The fourth-order valence-electron chi connectivity index (χ4n) is 3.24. The van der Waals surface area contributed by atoms with E-state index < -0.39 is 16.1 Å². The smallest absolute Gasteiger partial charge is 0.244 e. The molecule has 0 saturated heterocycles. The van der Waals surface area contributed by atoms with Crippen LogP contribution >= 0.6 is 0 Å². The maximum Gasteiger partial charge on any atom is 0.244 e. The maximum atomic E-state index is 12.8. The third-order valence-corrected chi connectivity index (χ3v) is 6.26. The van der Waals surface area contributed by atoms with E-state index in [1.54, 1.807) is 19.1 Å². The molecular formula is C23H32N2O4S. The van der Waals surface area contributed by atoms with Crippen molar-refractivity contribution in [2.75, 3.05) is 23.7 Å². The van der Waals surface area contributed by atoms with Gasteiger partial charge in [-0.15, -0.1) is 0 Å². The highest BCUT2D eigenvalue weighted by Crippen LogP contribution is 2.25. The summed E-state index contributed by atoms with van der Waals surface area (Å²) in [5.41, 5.74) is 4.65. The van der Waals surface area contributed by atoms with Gasteiger partial charge in [0.25, 0.3) is 0 Å². The van der Waals surface area contributed by atoms with E-state index in [1.807, 2.05) is 52.0 Å². The van der Waals surface area contributed by atoms with E-state index in [1.165, 1.54) is 4.31 Å². The lowest BCUT2D eigenvalue weighted by Gasteiger charge is -2.30. The van der Waals surface area contributed by atoms with Crippen molar-refractivity contribution in [3.05, 3.63) is 58.7 Å². The molecule has 0 spiro atoms. The Morgan fingerprint density at radius 1 is 1.03 bits per heavy atom. The molecule has 0 aliphatic carbocycles. The summed E-state index contributed by atoms with van der Waals surface area (Å²) >= 11 is 0. The summed E-state index contributed by atoms with van der Waals surface area (Å²) < 4.78 is 32.1. The summed E-state index contributed by atoms with van der Waals surface area (Å²) in [6.07, 6.45) is 1.48. The zero-order valence-corrected chi connectivity index (χ0v) is 19.5. The predicted molar refractivity (Wildman–Crippen MR) is 122 cm³/mol. The molecule has 2 aromatic carbocycles. The lowest BCUT2D eigenvalue weighted by atomic mass is 10.1. The normalized spacial score (nSPS) is 12.3. The van der Waals surface area contributed by atoms with Crippen LogP contribution in [0.25, 0.3) is 0 Å². The van der Waals surface area contributed by atoms with Gasteiger partial charge in [0.2, 0.25) is 15.9 Å². The lowest BCUT2D eigenvalue weighted by molar-refractivity contribution is -0.122. The molecule has 0 radical (unpaired) electrons. The van der Waals surface area contributed by atoms with E-state index in [0.717, 1.165) is 34.3 Å². The Morgan fingerprint density at radius 2 is 1.70 bits per heavy atom. The van der Waals surface area contributed by atoms with Crippen LogP contribution in [0.4, 0.5) is 5.69 Å². The summed E-state index contributed by atoms with van der Waals surface area (Å²) in [5, 5.41) is 2.82. The third kappa shape index (κ3) is 5.98. The van der Waals surface area contributed by atoms with Gasteiger partial charge in [0, 0.05) is 0 Å². The largest absolute Gasteiger partial charge is 0.491 e. The predicted octanol–water partition coefficient (Wildman–Crippen LogP) is 3.66. The molecule has 6 nitrogen and oxygen atoms in total. The molecule has 30 heavy (non-hydrogen) atoms. The Labute approximate surface area is 180 Å². The van der Waals surface area contributed by atoms with Crippen LogP contribution in [0.2, 0.25) is 0 Å². The van der Waals surface area contributed by atoms with Crippen LogP contribution in [-0.2, 0) is 14.8 Å². The van der Waals surface area contributed by atoms with Crippen LogP contribution in [0.1, 0.15) is 35.6 Å². The second-order valence-corrected chi connectivity index (χ2v) is 9.52. The van der Waals surface area contributed by atoms with Crippen LogP contribution in [-0.4, -0.2) is 39.8 Å². The summed E-state index contributed by atoms with van der Waals surface area (Å²) in [7, 11) is -3.65. The minimum Gasteiger partial charge on any atom is -0.491 e. The van der Waals surface area contributed by atoms with E-state index in [-0.39, 0.29) is 12.5 Å². The number of benzene rings is 2. The van der Waals surface area contributed by atoms with Gasteiger partial charge in [0.1, 0.15) is 18.4 Å². The highest BCUT2D eigenvalue weighted by molar-refractivity contribution is 7.92. The second-order valence-electron chi connectivity index (χ2n) is 7.66. The van der Waals surface area contributed by atoms with Gasteiger partial charge in [-0.2, -0.15) is 0 Å². The van der Waals surface area contributed by atoms with Crippen molar-refractivity contribution < 1.29 is 17.9 Å². The van der Waals surface area contributed by atoms with Crippen molar-refractivity contribution in [1.82, 2.24) is 5.32 Å². The number of aryl methyl sites for hydroxylation is 4. The van der Waals surface area contributed by atoms with Crippen molar-refractivity contribution in [3.63, 3.8) is 0 Å². The van der Waals surface area contributed by atoms with Gasteiger partial charge in [0.05, 0.1) is 18.5 Å². The van der Waals surface area contributed by atoms with E-state index in [0.29, 0.717) is 18.7 Å². The average Bonchev–Trinajstić information content (AvgIpc) is 2.67. The molecule has 0 aliphatic rings. The number of sulfonamides is 1. The minimum atomic E-state index is -3.65. The number of ether oxygens (including phenoxy) is 1. The fourth-order valence-corrected chi connectivity index (χ4v) is 4.44. The molecule has 0 aliphatic heterocycles. The first kappa shape index (κ1) is 23.7. The highest BCUT2D eigenvalue weighted by atomic mass is 32.2. The highest BCUT2D eigenvalue weighted by Gasteiger charge is 2.31. The molecule has 0 fully saturated rings. The Hall–Kier alpha value is -2.54. The van der Waals surface area contributed by atoms with Gasteiger partial charge >= 0.3 is 0 Å². The van der Waals surface area contributed by atoms with Gasteiger partial charge in [0.15, 0.2) is 0 Å². The van der Waals surface area contributed by atoms with Gasteiger partial charge in [-0.05, 0) is 74.6 Å². The SMILES string of the molecule is CCC(C(=O)NCCOc1cc(C)ccc1C)N(c1ccc(C)c(C)c1)S(C)(=O)=O. The molecule has 1 amide bonds. The number of hydrogen-bond acceptors (Lipinski definition) is 4. The summed E-state index contributed by atoms with van der Waals surface area (Å²) in [6, 6.07) is 10.5. The summed E-state index contributed by atoms with van der Waals surface area (Å²) in [5.74, 6) is 0.440. The van der Waals surface area contributed by atoms with E-state index in [2.05, 4.69) is 5.32 Å². The molecule has 0 aromatic heterocycles. The molecule has 7 heteroatoms. The van der Waals surface area contributed by atoms with Crippen LogP contribution in [0.3, 0.4) is 0 Å². The van der Waals surface area contributed by atoms with Crippen LogP contribution in [0.5, 0.6) is 5.75 Å². The first-order valence-electron chi connectivity index (χ1n) is 10.1. The molecule has 0 saturated carbocycles. The standard InChI is InChI=1S/C23H32N2O4S/c1-7-21(25(30(6,27)28)20-11-10-17(3)19(5)15-20)23(26)24-12-13-29-22-14-16(2)8-9-18(22)4/h8-11,14-15,21H,7,12-13H2,1-6H3,(H,24,26). The molecule has 0 heterocycles. The van der Waals surface area contributed by atoms with Crippen molar-refractivity contribution >= 4 is 21.6 Å². The van der Waals surface area contributed by atoms with Crippen molar-refractivity contribution in [1.29, 1.82) is 0 Å². The zero-order chi connectivity index (χ0) is 22.5. The molecular weight excluding hydrogens is 400 g/mol. The average molecular weight is 433 g/mol. The first-order chi connectivity index (χ1) is 14.0. The molecule has 2 aromatic rings. The number of nitrogens with one attached hydrogen (secondary N) is 1. The number of amides is 1. The molecule has 1 unspecified atom stereocenters. The van der Waals surface area contributed by atoms with Gasteiger partial charge in [-0.25, -0.2) is 8.42 Å². The molecule has 0 bridgehead atoms. The second kappa shape index (κ2) is 9.98. The molecule has 2 rings (SSSR count). The molecule has 1 atom stereocenters. The summed E-state index contributed by atoms with van der Waals surface area (Å²) in [4.78, 5) is 12.8. The van der Waals surface area contributed by atoms with Crippen LogP contribution in [0, 0.1) is 27.7 Å². The van der Waals surface area contributed by atoms with E-state index >= 15 is 0 Å².